The second-order valence-corrected chi connectivity index (χ2v) is 8.63. The first-order valence-electron chi connectivity index (χ1n) is 11.8. The van der Waals surface area contributed by atoms with E-state index in [1.165, 1.54) is 52.9 Å². The monoisotopic (exact) mass is 538 g/mol. The van der Waals surface area contributed by atoms with Gasteiger partial charge in [0, 0.05) is 5.56 Å². The summed E-state index contributed by atoms with van der Waals surface area (Å²) in [7, 11) is 5.63. The van der Waals surface area contributed by atoms with Gasteiger partial charge in [-0.05, 0) is 35.9 Å². The average molecular weight is 539 g/mol. The van der Waals surface area contributed by atoms with Gasteiger partial charge in [-0.3, -0.25) is 4.79 Å². The molecule has 39 heavy (non-hydrogen) atoms. The number of benzene rings is 3. The molecule has 1 aliphatic heterocycles. The predicted octanol–water partition coefficient (Wildman–Crippen LogP) is 3.78. The maximum Gasteiger partial charge on any atom is 0.209 e. The third-order valence-electron chi connectivity index (χ3n) is 6.51. The number of phenols is 2. The van der Waals surface area contributed by atoms with Gasteiger partial charge < -0.3 is 48.2 Å². The summed E-state index contributed by atoms with van der Waals surface area (Å²) < 4.78 is 39.4. The van der Waals surface area contributed by atoms with E-state index in [9.17, 15) is 20.1 Å². The molecule has 0 saturated carbocycles. The third kappa shape index (κ3) is 4.26. The molecule has 0 amide bonds. The van der Waals surface area contributed by atoms with Crippen molar-refractivity contribution in [3.63, 3.8) is 0 Å². The Bertz CT molecular complexity index is 1580. The molecule has 0 bridgehead atoms. The van der Waals surface area contributed by atoms with Crippen molar-refractivity contribution in [3.05, 3.63) is 58.4 Å². The topological polar surface area (TPSA) is 146 Å². The summed E-state index contributed by atoms with van der Waals surface area (Å²) in [6, 6.07) is 9.13. The van der Waals surface area contributed by atoms with E-state index in [0.717, 1.165) is 0 Å². The van der Waals surface area contributed by atoms with Crippen LogP contribution in [0.3, 0.4) is 0 Å². The van der Waals surface area contributed by atoms with Crippen molar-refractivity contribution in [3.8, 4) is 57.1 Å². The van der Waals surface area contributed by atoms with E-state index < -0.39 is 24.2 Å². The number of ether oxygens (including phenoxy) is 6. The van der Waals surface area contributed by atoms with Gasteiger partial charge >= 0.3 is 0 Å². The molecule has 11 nitrogen and oxygen atoms in total. The number of aromatic hydroxyl groups is 2. The Morgan fingerprint density at radius 3 is 2.08 bits per heavy atom. The van der Waals surface area contributed by atoms with Gasteiger partial charge in [-0.25, -0.2) is 0 Å². The lowest BCUT2D eigenvalue weighted by atomic mass is 10.0. The number of hydrogen-bond donors (Lipinski definition) is 3. The molecule has 5 rings (SSSR count). The molecule has 0 saturated heterocycles. The molecule has 0 unspecified atom stereocenters. The standard InChI is InChI=1S/C28H26O11/c1-33-18-6-5-13(7-17(18)30)16-12-37-26-15(23(16)31)10-21(36-4)27-28(26)38-22(11-29)25(39-27)14-8-19(34-2)24(32)20(9-14)35-3/h5-10,12,22,25,29-30,32H,11H2,1-4H3/t22-,25+/m1/s1. The Balaban J connectivity index is 1.64. The van der Waals surface area contributed by atoms with Crippen molar-refractivity contribution in [1.82, 2.24) is 0 Å². The maximum atomic E-state index is 13.5. The first-order chi connectivity index (χ1) is 18.8. The normalized spacial score (nSPS) is 16.1. The minimum absolute atomic E-state index is 0.0820. The number of hydrogen-bond acceptors (Lipinski definition) is 11. The van der Waals surface area contributed by atoms with Crippen LogP contribution in [0.5, 0.6) is 46.0 Å². The van der Waals surface area contributed by atoms with E-state index in [1.807, 2.05) is 0 Å². The molecule has 2 heterocycles. The zero-order chi connectivity index (χ0) is 27.8. The van der Waals surface area contributed by atoms with E-state index in [0.29, 0.717) is 11.1 Å². The van der Waals surface area contributed by atoms with Gasteiger partial charge in [0.05, 0.1) is 46.0 Å². The maximum absolute atomic E-state index is 13.5. The SMILES string of the molecule is COc1ccc(-c2coc3c4c(c(OC)cc3c2=O)O[C@@H](c2cc(OC)c(O)c(OC)c2)[C@@H](CO)O4)cc1O. The molecule has 4 aromatic rings. The molecule has 0 fully saturated rings. The van der Waals surface area contributed by atoms with E-state index in [1.54, 1.807) is 18.2 Å². The van der Waals surface area contributed by atoms with Crippen LogP contribution in [0, 0.1) is 0 Å². The van der Waals surface area contributed by atoms with Gasteiger partial charge in [-0.2, -0.15) is 0 Å². The average Bonchev–Trinajstić information content (AvgIpc) is 2.96. The smallest absolute Gasteiger partial charge is 0.209 e. The summed E-state index contributed by atoms with van der Waals surface area (Å²) in [6.45, 7) is -0.457. The quantitative estimate of drug-likeness (QED) is 0.316. The minimum Gasteiger partial charge on any atom is -0.504 e. The van der Waals surface area contributed by atoms with Crippen LogP contribution in [0.4, 0.5) is 0 Å². The largest absolute Gasteiger partial charge is 0.504 e. The summed E-state index contributed by atoms with van der Waals surface area (Å²) in [5.74, 6) is 0.661. The van der Waals surface area contributed by atoms with Gasteiger partial charge in [-0.15, -0.1) is 0 Å². The molecule has 3 aromatic carbocycles. The number of phenolic OH excluding ortho intramolecular Hbond substituents is 2. The summed E-state index contributed by atoms with van der Waals surface area (Å²) in [4.78, 5) is 13.5. The van der Waals surface area contributed by atoms with Gasteiger partial charge in [-0.1, -0.05) is 6.07 Å². The molecule has 0 spiro atoms. The number of aliphatic hydroxyl groups excluding tert-OH is 1. The highest BCUT2D eigenvalue weighted by Gasteiger charge is 2.38. The van der Waals surface area contributed by atoms with Gasteiger partial charge in [0.2, 0.25) is 22.7 Å². The fourth-order valence-electron chi connectivity index (χ4n) is 4.54. The van der Waals surface area contributed by atoms with E-state index in [2.05, 4.69) is 0 Å². The van der Waals surface area contributed by atoms with Crippen LogP contribution in [-0.4, -0.2) is 56.5 Å². The van der Waals surface area contributed by atoms with Gasteiger partial charge in [0.1, 0.15) is 6.26 Å². The summed E-state index contributed by atoms with van der Waals surface area (Å²) in [6.07, 6.45) is -0.543. The van der Waals surface area contributed by atoms with Crippen LogP contribution in [0.1, 0.15) is 11.7 Å². The predicted molar refractivity (Wildman–Crippen MR) is 139 cm³/mol. The first-order valence-corrected chi connectivity index (χ1v) is 11.8. The van der Waals surface area contributed by atoms with Crippen molar-refractivity contribution in [1.29, 1.82) is 0 Å². The highest BCUT2D eigenvalue weighted by atomic mass is 16.6. The second-order valence-electron chi connectivity index (χ2n) is 8.63. The lowest BCUT2D eigenvalue weighted by Crippen LogP contribution is -2.36. The van der Waals surface area contributed by atoms with E-state index >= 15 is 0 Å². The summed E-state index contributed by atoms with van der Waals surface area (Å²) >= 11 is 0. The van der Waals surface area contributed by atoms with Crippen LogP contribution in [0.15, 0.2) is 51.9 Å². The number of methoxy groups -OCH3 is 4. The van der Waals surface area contributed by atoms with Crippen molar-refractivity contribution in [2.75, 3.05) is 35.0 Å². The zero-order valence-corrected chi connectivity index (χ0v) is 21.5. The minimum atomic E-state index is -0.935. The third-order valence-corrected chi connectivity index (χ3v) is 6.51. The Hall–Kier alpha value is -4.77. The van der Waals surface area contributed by atoms with Crippen molar-refractivity contribution >= 4 is 11.0 Å². The second kappa shape index (κ2) is 10.2. The molecule has 0 radical (unpaired) electrons. The summed E-state index contributed by atoms with van der Waals surface area (Å²) in [5.41, 5.74) is 0.793. The van der Waals surface area contributed by atoms with Crippen LogP contribution in [0.25, 0.3) is 22.1 Å². The number of fused-ring (bicyclic) bond motifs is 3. The fourth-order valence-corrected chi connectivity index (χ4v) is 4.54. The molecule has 1 aliphatic rings. The van der Waals surface area contributed by atoms with Gasteiger partial charge in [0.15, 0.2) is 46.5 Å². The van der Waals surface area contributed by atoms with Crippen molar-refractivity contribution in [2.24, 2.45) is 0 Å². The van der Waals surface area contributed by atoms with Crippen LogP contribution in [0.2, 0.25) is 0 Å². The Labute approximate surface area is 222 Å². The van der Waals surface area contributed by atoms with E-state index in [4.69, 9.17) is 32.8 Å². The van der Waals surface area contributed by atoms with E-state index in [-0.39, 0.29) is 62.5 Å². The molecule has 204 valence electrons. The highest BCUT2D eigenvalue weighted by molar-refractivity contribution is 5.91. The molecular formula is C28H26O11. The highest BCUT2D eigenvalue weighted by Crippen LogP contribution is 2.51. The molecule has 2 atom stereocenters. The first kappa shape index (κ1) is 25.9. The van der Waals surface area contributed by atoms with Crippen LogP contribution in [-0.2, 0) is 0 Å². The molecule has 3 N–H and O–H groups in total. The molecular weight excluding hydrogens is 512 g/mol. The fraction of sp³-hybridized carbons (Fsp3) is 0.250. The Morgan fingerprint density at radius 1 is 0.821 bits per heavy atom. The zero-order valence-electron chi connectivity index (χ0n) is 21.5. The molecule has 11 heteroatoms. The Kier molecular flexibility index (Phi) is 6.75. The molecule has 0 aliphatic carbocycles. The van der Waals surface area contributed by atoms with Crippen LogP contribution >= 0.6 is 0 Å². The van der Waals surface area contributed by atoms with Gasteiger partial charge in [0.25, 0.3) is 0 Å². The Morgan fingerprint density at radius 2 is 1.49 bits per heavy atom. The molecule has 1 aromatic heterocycles. The lowest BCUT2D eigenvalue weighted by molar-refractivity contribution is -0.0135. The summed E-state index contributed by atoms with van der Waals surface area (Å²) in [5, 5.41) is 30.8. The number of rotatable bonds is 7. The number of aliphatic hydroxyl groups is 1. The van der Waals surface area contributed by atoms with Crippen molar-refractivity contribution in [2.45, 2.75) is 12.2 Å². The van der Waals surface area contributed by atoms with Crippen molar-refractivity contribution < 1.29 is 48.2 Å². The lowest BCUT2D eigenvalue weighted by Gasteiger charge is -2.34. The van der Waals surface area contributed by atoms with Crippen LogP contribution < -0.4 is 33.8 Å².